The molecule has 0 rings (SSSR count). The summed E-state index contributed by atoms with van der Waals surface area (Å²) in [6.45, 7) is 12.4. The van der Waals surface area contributed by atoms with E-state index in [9.17, 15) is 4.79 Å². The molecule has 0 aliphatic heterocycles. The molecule has 0 aromatic rings. The highest BCUT2D eigenvalue weighted by Crippen LogP contribution is 2.09. The average Bonchev–Trinajstić information content (AvgIpc) is 1.99. The maximum Gasteiger partial charge on any atom is 0.315 e. The molecule has 0 heterocycles. The van der Waals surface area contributed by atoms with Crippen molar-refractivity contribution in [3.8, 4) is 0 Å². The third kappa shape index (κ3) is 8.28. The number of urea groups is 1. The summed E-state index contributed by atoms with van der Waals surface area (Å²) in [4.78, 5) is 11.5. The normalized spacial score (nSPS) is 15.6. The zero-order valence-corrected chi connectivity index (χ0v) is 11.0. The minimum Gasteiger partial charge on any atom is -0.336 e. The molecule has 15 heavy (non-hydrogen) atoms. The van der Waals surface area contributed by atoms with E-state index in [4.69, 9.17) is 0 Å². The van der Waals surface area contributed by atoms with Gasteiger partial charge in [0.15, 0.2) is 0 Å². The van der Waals surface area contributed by atoms with Gasteiger partial charge in [0.2, 0.25) is 0 Å². The molecule has 2 atom stereocenters. The smallest absolute Gasteiger partial charge is 0.315 e. The fraction of sp³-hybridized carbons (Fsp3) is 0.917. The molecule has 0 bridgehead atoms. The van der Waals surface area contributed by atoms with Gasteiger partial charge in [-0.1, -0.05) is 20.3 Å². The van der Waals surface area contributed by atoms with Crippen molar-refractivity contribution in [1.82, 2.24) is 10.6 Å². The molecule has 0 radical (unpaired) electrons. The molecule has 0 saturated heterocycles. The lowest BCUT2D eigenvalue weighted by molar-refractivity contribution is 0.227. The first-order chi connectivity index (χ1) is 6.74. The van der Waals surface area contributed by atoms with Gasteiger partial charge in [0.1, 0.15) is 0 Å². The Morgan fingerprint density at radius 3 is 2.20 bits per heavy atom. The molecule has 2 unspecified atom stereocenters. The first-order valence-electron chi connectivity index (χ1n) is 5.83. The Morgan fingerprint density at radius 2 is 1.80 bits per heavy atom. The fourth-order valence-electron chi connectivity index (χ4n) is 1.43. The van der Waals surface area contributed by atoms with Crippen LogP contribution in [0.3, 0.4) is 0 Å². The summed E-state index contributed by atoms with van der Waals surface area (Å²) in [6.07, 6.45) is 2.20. The van der Waals surface area contributed by atoms with Crippen LogP contribution in [-0.2, 0) is 0 Å². The topological polar surface area (TPSA) is 41.1 Å². The zero-order valence-electron chi connectivity index (χ0n) is 11.0. The number of nitrogens with one attached hydrogen (secondary N) is 2. The van der Waals surface area contributed by atoms with E-state index in [1.165, 1.54) is 0 Å². The van der Waals surface area contributed by atoms with Crippen LogP contribution in [0.2, 0.25) is 0 Å². The zero-order chi connectivity index (χ0) is 12.1. The molecule has 2 N–H and O–H groups in total. The molecule has 0 aromatic carbocycles. The summed E-state index contributed by atoms with van der Waals surface area (Å²) >= 11 is 0. The van der Waals surface area contributed by atoms with Crippen molar-refractivity contribution in [3.05, 3.63) is 0 Å². The van der Waals surface area contributed by atoms with Gasteiger partial charge in [-0.15, -0.1) is 0 Å². The highest BCUT2D eigenvalue weighted by atomic mass is 16.2. The molecule has 2 amide bonds. The third-order valence-electron chi connectivity index (χ3n) is 2.32. The highest BCUT2D eigenvalue weighted by Gasteiger charge is 2.15. The Balaban J connectivity index is 3.87. The lowest BCUT2D eigenvalue weighted by Crippen LogP contribution is -2.49. The van der Waals surface area contributed by atoms with Crippen LogP contribution in [0.25, 0.3) is 0 Å². The van der Waals surface area contributed by atoms with Crippen molar-refractivity contribution in [2.45, 2.75) is 66.0 Å². The number of carbonyl (C=O) groups is 1. The molecule has 3 nitrogen and oxygen atoms in total. The Labute approximate surface area is 94.0 Å². The van der Waals surface area contributed by atoms with Gasteiger partial charge >= 0.3 is 6.03 Å². The van der Waals surface area contributed by atoms with Crippen molar-refractivity contribution < 1.29 is 4.79 Å². The van der Waals surface area contributed by atoms with E-state index in [1.807, 2.05) is 20.8 Å². The monoisotopic (exact) mass is 214 g/mol. The van der Waals surface area contributed by atoms with Gasteiger partial charge in [-0.05, 0) is 40.0 Å². The summed E-state index contributed by atoms with van der Waals surface area (Å²) < 4.78 is 0. The lowest BCUT2D eigenvalue weighted by atomic mass is 10.0. The summed E-state index contributed by atoms with van der Waals surface area (Å²) in [5.74, 6) is 0.662. The molecule has 0 spiro atoms. The average molecular weight is 214 g/mol. The second-order valence-electron chi connectivity index (χ2n) is 5.50. The molecule has 0 saturated carbocycles. The third-order valence-corrected chi connectivity index (χ3v) is 2.32. The van der Waals surface area contributed by atoms with Crippen molar-refractivity contribution in [2.75, 3.05) is 0 Å². The van der Waals surface area contributed by atoms with Crippen LogP contribution in [0.5, 0.6) is 0 Å². The van der Waals surface area contributed by atoms with Crippen LogP contribution < -0.4 is 10.6 Å². The molecule has 0 aromatic heterocycles. The number of hydrogen-bond acceptors (Lipinski definition) is 1. The van der Waals surface area contributed by atoms with Crippen LogP contribution in [0.4, 0.5) is 4.79 Å². The molecule has 0 fully saturated rings. The van der Waals surface area contributed by atoms with Gasteiger partial charge in [-0.2, -0.15) is 0 Å². The maximum absolute atomic E-state index is 11.5. The maximum atomic E-state index is 11.5. The minimum absolute atomic E-state index is 0.0710. The lowest BCUT2D eigenvalue weighted by Gasteiger charge is -2.23. The van der Waals surface area contributed by atoms with E-state index in [-0.39, 0.29) is 17.6 Å². The number of amides is 2. The highest BCUT2D eigenvalue weighted by molar-refractivity contribution is 5.74. The standard InChI is InChI=1S/C12H26N2O/c1-7-9(2)8-10(3)13-11(15)14-12(4,5)6/h9-10H,7-8H2,1-6H3,(H2,13,14,15). The second kappa shape index (κ2) is 5.99. The second-order valence-corrected chi connectivity index (χ2v) is 5.50. The van der Waals surface area contributed by atoms with Gasteiger partial charge < -0.3 is 10.6 Å². The van der Waals surface area contributed by atoms with Crippen LogP contribution in [-0.4, -0.2) is 17.6 Å². The fourth-order valence-corrected chi connectivity index (χ4v) is 1.43. The van der Waals surface area contributed by atoms with Crippen LogP contribution in [0, 0.1) is 5.92 Å². The van der Waals surface area contributed by atoms with E-state index in [0.717, 1.165) is 12.8 Å². The van der Waals surface area contributed by atoms with Crippen LogP contribution in [0.1, 0.15) is 54.4 Å². The number of rotatable bonds is 4. The van der Waals surface area contributed by atoms with E-state index in [1.54, 1.807) is 0 Å². The largest absolute Gasteiger partial charge is 0.336 e. The summed E-state index contributed by atoms with van der Waals surface area (Å²) in [5.41, 5.74) is -0.166. The molecule has 3 heteroatoms. The number of hydrogen-bond donors (Lipinski definition) is 2. The van der Waals surface area contributed by atoms with Gasteiger partial charge in [0.05, 0.1) is 0 Å². The molecule has 0 aliphatic rings. The van der Waals surface area contributed by atoms with E-state index in [0.29, 0.717) is 5.92 Å². The predicted octanol–water partition coefficient (Wildman–Crippen LogP) is 2.91. The van der Waals surface area contributed by atoms with Gasteiger partial charge in [0, 0.05) is 11.6 Å². The van der Waals surface area contributed by atoms with Crippen molar-refractivity contribution in [3.63, 3.8) is 0 Å². The van der Waals surface area contributed by atoms with Gasteiger partial charge in [-0.25, -0.2) is 4.79 Å². The van der Waals surface area contributed by atoms with E-state index in [2.05, 4.69) is 31.4 Å². The Kier molecular flexibility index (Phi) is 5.69. The Hall–Kier alpha value is -0.730. The van der Waals surface area contributed by atoms with Crippen molar-refractivity contribution >= 4 is 6.03 Å². The van der Waals surface area contributed by atoms with Gasteiger partial charge in [0.25, 0.3) is 0 Å². The first kappa shape index (κ1) is 14.3. The van der Waals surface area contributed by atoms with E-state index < -0.39 is 0 Å². The van der Waals surface area contributed by atoms with Crippen LogP contribution in [0.15, 0.2) is 0 Å². The summed E-state index contributed by atoms with van der Waals surface area (Å²) in [5, 5.41) is 5.84. The molecular formula is C12H26N2O. The molecular weight excluding hydrogens is 188 g/mol. The van der Waals surface area contributed by atoms with Crippen molar-refractivity contribution in [1.29, 1.82) is 0 Å². The molecule has 0 aliphatic carbocycles. The van der Waals surface area contributed by atoms with E-state index >= 15 is 0 Å². The minimum atomic E-state index is -0.166. The van der Waals surface area contributed by atoms with Crippen molar-refractivity contribution in [2.24, 2.45) is 5.92 Å². The number of carbonyl (C=O) groups excluding carboxylic acids is 1. The SMILES string of the molecule is CCC(C)CC(C)NC(=O)NC(C)(C)C. The quantitative estimate of drug-likeness (QED) is 0.742. The molecule has 90 valence electrons. The van der Waals surface area contributed by atoms with Crippen LogP contribution >= 0.6 is 0 Å². The summed E-state index contributed by atoms with van der Waals surface area (Å²) in [7, 11) is 0. The van der Waals surface area contributed by atoms with Gasteiger partial charge in [-0.3, -0.25) is 0 Å². The predicted molar refractivity (Wildman–Crippen MR) is 65.0 cm³/mol. The first-order valence-corrected chi connectivity index (χ1v) is 5.83. The Bertz CT molecular complexity index is 196. The summed E-state index contributed by atoms with van der Waals surface area (Å²) in [6, 6.07) is 0.167. The Morgan fingerprint density at radius 1 is 1.27 bits per heavy atom.